The van der Waals surface area contributed by atoms with E-state index < -0.39 is 6.10 Å². The lowest BCUT2D eigenvalue weighted by Gasteiger charge is -2.15. The van der Waals surface area contributed by atoms with Crippen LogP contribution in [0.3, 0.4) is 0 Å². The summed E-state index contributed by atoms with van der Waals surface area (Å²) < 4.78 is 16.4. The number of benzene rings is 1. The zero-order valence-electron chi connectivity index (χ0n) is 12.9. The third-order valence-corrected chi connectivity index (χ3v) is 3.00. The molecule has 0 saturated heterocycles. The summed E-state index contributed by atoms with van der Waals surface area (Å²) in [6.07, 6.45) is 0.482. The second kappa shape index (κ2) is 8.82. The lowest BCUT2D eigenvalue weighted by atomic mass is 10.1. The molecule has 0 amide bonds. The SMILES string of the molecule is COc1ccc([C@@H](C)O)c(OCCOCCC(C)C)c1. The molecule has 0 saturated carbocycles. The average molecular weight is 282 g/mol. The minimum atomic E-state index is -0.572. The summed E-state index contributed by atoms with van der Waals surface area (Å²) in [5.41, 5.74) is 0.757. The first kappa shape index (κ1) is 16.8. The van der Waals surface area contributed by atoms with Crippen LogP contribution in [-0.4, -0.2) is 32.0 Å². The molecule has 0 spiro atoms. The Balaban J connectivity index is 2.45. The summed E-state index contributed by atoms with van der Waals surface area (Å²) >= 11 is 0. The van der Waals surface area contributed by atoms with E-state index in [1.54, 1.807) is 20.1 Å². The van der Waals surface area contributed by atoms with Gasteiger partial charge in [-0.3, -0.25) is 0 Å². The van der Waals surface area contributed by atoms with Crippen LogP contribution in [0.25, 0.3) is 0 Å². The van der Waals surface area contributed by atoms with E-state index in [0.717, 1.165) is 18.6 Å². The molecule has 0 radical (unpaired) electrons. The van der Waals surface area contributed by atoms with Crippen LogP contribution in [0.2, 0.25) is 0 Å². The highest BCUT2D eigenvalue weighted by molar-refractivity contribution is 5.41. The van der Waals surface area contributed by atoms with Gasteiger partial charge in [-0.05, 0) is 31.4 Å². The molecule has 1 aromatic carbocycles. The number of hydrogen-bond acceptors (Lipinski definition) is 4. The maximum Gasteiger partial charge on any atom is 0.128 e. The molecule has 114 valence electrons. The topological polar surface area (TPSA) is 47.9 Å². The molecule has 0 heterocycles. The van der Waals surface area contributed by atoms with Crippen molar-refractivity contribution in [1.29, 1.82) is 0 Å². The monoisotopic (exact) mass is 282 g/mol. The van der Waals surface area contributed by atoms with Crippen LogP contribution in [0, 0.1) is 5.92 Å². The summed E-state index contributed by atoms with van der Waals surface area (Å²) in [4.78, 5) is 0. The molecule has 0 aliphatic rings. The fourth-order valence-corrected chi connectivity index (χ4v) is 1.74. The van der Waals surface area contributed by atoms with E-state index in [-0.39, 0.29) is 0 Å². The van der Waals surface area contributed by atoms with E-state index >= 15 is 0 Å². The first-order chi connectivity index (χ1) is 9.54. The Morgan fingerprint density at radius 3 is 2.45 bits per heavy atom. The van der Waals surface area contributed by atoms with Crippen LogP contribution in [-0.2, 0) is 4.74 Å². The fraction of sp³-hybridized carbons (Fsp3) is 0.625. The van der Waals surface area contributed by atoms with Crippen molar-refractivity contribution in [2.24, 2.45) is 5.92 Å². The first-order valence-corrected chi connectivity index (χ1v) is 7.11. The summed E-state index contributed by atoms with van der Waals surface area (Å²) in [5, 5.41) is 9.72. The van der Waals surface area contributed by atoms with E-state index in [0.29, 0.717) is 30.6 Å². The highest BCUT2D eigenvalue weighted by Gasteiger charge is 2.10. The van der Waals surface area contributed by atoms with Crippen molar-refractivity contribution in [3.05, 3.63) is 23.8 Å². The lowest BCUT2D eigenvalue weighted by Crippen LogP contribution is -2.10. The molecule has 0 fully saturated rings. The standard InChI is InChI=1S/C16H26O4/c1-12(2)7-8-19-9-10-20-16-11-14(18-4)5-6-15(16)13(3)17/h5-6,11-13,17H,7-10H2,1-4H3/t13-/m1/s1. The summed E-state index contributed by atoms with van der Waals surface area (Å²) in [6.45, 7) is 7.82. The maximum atomic E-state index is 9.72. The predicted molar refractivity (Wildman–Crippen MR) is 79.4 cm³/mol. The maximum absolute atomic E-state index is 9.72. The largest absolute Gasteiger partial charge is 0.497 e. The molecule has 1 N–H and O–H groups in total. The summed E-state index contributed by atoms with van der Waals surface area (Å²) in [7, 11) is 1.61. The van der Waals surface area contributed by atoms with Gasteiger partial charge in [-0.1, -0.05) is 13.8 Å². The Morgan fingerprint density at radius 1 is 1.10 bits per heavy atom. The van der Waals surface area contributed by atoms with Crippen LogP contribution in [0.1, 0.15) is 38.9 Å². The van der Waals surface area contributed by atoms with Crippen molar-refractivity contribution in [1.82, 2.24) is 0 Å². The number of rotatable bonds is 9. The Kier molecular flexibility index (Phi) is 7.41. The number of methoxy groups -OCH3 is 1. The number of aliphatic hydroxyl groups is 1. The van der Waals surface area contributed by atoms with E-state index in [2.05, 4.69) is 13.8 Å². The van der Waals surface area contributed by atoms with Gasteiger partial charge in [0.1, 0.15) is 18.1 Å². The van der Waals surface area contributed by atoms with Gasteiger partial charge < -0.3 is 19.3 Å². The van der Waals surface area contributed by atoms with Gasteiger partial charge in [0, 0.05) is 18.2 Å². The minimum absolute atomic E-state index is 0.463. The second-order valence-electron chi connectivity index (χ2n) is 5.22. The third-order valence-electron chi connectivity index (χ3n) is 3.00. The second-order valence-corrected chi connectivity index (χ2v) is 5.22. The van der Waals surface area contributed by atoms with E-state index in [9.17, 15) is 5.11 Å². The van der Waals surface area contributed by atoms with Gasteiger partial charge in [0.05, 0.1) is 19.8 Å². The van der Waals surface area contributed by atoms with Gasteiger partial charge in [-0.15, -0.1) is 0 Å². The zero-order valence-corrected chi connectivity index (χ0v) is 12.9. The van der Waals surface area contributed by atoms with E-state index in [1.807, 2.05) is 12.1 Å². The number of hydrogen-bond donors (Lipinski definition) is 1. The highest BCUT2D eigenvalue weighted by Crippen LogP contribution is 2.29. The van der Waals surface area contributed by atoms with Gasteiger partial charge in [-0.2, -0.15) is 0 Å². The van der Waals surface area contributed by atoms with Crippen LogP contribution in [0.4, 0.5) is 0 Å². The molecule has 1 aromatic rings. The molecule has 4 heteroatoms. The van der Waals surface area contributed by atoms with Crippen molar-refractivity contribution < 1.29 is 19.3 Å². The molecule has 4 nitrogen and oxygen atoms in total. The Labute approximate surface area is 121 Å². The smallest absolute Gasteiger partial charge is 0.128 e. The average Bonchev–Trinajstić information content (AvgIpc) is 2.41. The summed E-state index contributed by atoms with van der Waals surface area (Å²) in [6, 6.07) is 5.42. The van der Waals surface area contributed by atoms with Crippen molar-refractivity contribution in [2.75, 3.05) is 26.9 Å². The van der Waals surface area contributed by atoms with Gasteiger partial charge in [0.15, 0.2) is 0 Å². The molecule has 20 heavy (non-hydrogen) atoms. The van der Waals surface area contributed by atoms with Crippen LogP contribution in [0.15, 0.2) is 18.2 Å². The predicted octanol–water partition coefficient (Wildman–Crippen LogP) is 3.19. The minimum Gasteiger partial charge on any atom is -0.497 e. The van der Waals surface area contributed by atoms with E-state index in [1.165, 1.54) is 0 Å². The molecule has 0 aliphatic carbocycles. The van der Waals surface area contributed by atoms with Crippen LogP contribution in [0.5, 0.6) is 11.5 Å². The van der Waals surface area contributed by atoms with Crippen LogP contribution < -0.4 is 9.47 Å². The normalized spacial score (nSPS) is 12.5. The van der Waals surface area contributed by atoms with Crippen LogP contribution >= 0.6 is 0 Å². The molecule has 0 bridgehead atoms. The number of aliphatic hydroxyl groups excluding tert-OH is 1. The van der Waals surface area contributed by atoms with Crippen molar-refractivity contribution in [3.8, 4) is 11.5 Å². The van der Waals surface area contributed by atoms with Gasteiger partial charge >= 0.3 is 0 Å². The molecule has 1 rings (SSSR count). The molecule has 0 unspecified atom stereocenters. The molecule has 0 aromatic heterocycles. The lowest BCUT2D eigenvalue weighted by molar-refractivity contribution is 0.0908. The fourth-order valence-electron chi connectivity index (χ4n) is 1.74. The van der Waals surface area contributed by atoms with Gasteiger partial charge in [-0.25, -0.2) is 0 Å². The van der Waals surface area contributed by atoms with Gasteiger partial charge in [0.2, 0.25) is 0 Å². The number of ether oxygens (including phenoxy) is 3. The molecule has 1 atom stereocenters. The third kappa shape index (κ3) is 5.80. The molecule has 0 aliphatic heterocycles. The zero-order chi connectivity index (χ0) is 15.0. The Hall–Kier alpha value is -1.26. The Bertz CT molecular complexity index is 388. The summed E-state index contributed by atoms with van der Waals surface area (Å²) in [5.74, 6) is 2.01. The van der Waals surface area contributed by atoms with E-state index in [4.69, 9.17) is 14.2 Å². The highest BCUT2D eigenvalue weighted by atomic mass is 16.5. The molecular weight excluding hydrogens is 256 g/mol. The van der Waals surface area contributed by atoms with Crippen molar-refractivity contribution in [2.45, 2.75) is 33.3 Å². The molecular formula is C16H26O4. The first-order valence-electron chi connectivity index (χ1n) is 7.11. The Morgan fingerprint density at radius 2 is 1.85 bits per heavy atom. The van der Waals surface area contributed by atoms with Gasteiger partial charge in [0.25, 0.3) is 0 Å². The quantitative estimate of drug-likeness (QED) is 0.707. The van der Waals surface area contributed by atoms with Crippen molar-refractivity contribution >= 4 is 0 Å². The van der Waals surface area contributed by atoms with Crippen molar-refractivity contribution in [3.63, 3.8) is 0 Å².